The van der Waals surface area contributed by atoms with E-state index in [2.05, 4.69) is 16.0 Å². The number of nitrogens with zero attached hydrogens (tertiary/aromatic N) is 2. The van der Waals surface area contributed by atoms with Gasteiger partial charge in [0.25, 0.3) is 5.91 Å². The van der Waals surface area contributed by atoms with Crippen molar-refractivity contribution in [1.82, 2.24) is 20.1 Å². The Morgan fingerprint density at radius 2 is 1.97 bits per heavy atom. The molecule has 1 aromatic carbocycles. The molecule has 10 heteroatoms. The Balaban J connectivity index is 1.77. The topological polar surface area (TPSA) is 105 Å². The van der Waals surface area contributed by atoms with Crippen LogP contribution in [0.1, 0.15) is 57.3 Å². The lowest BCUT2D eigenvalue weighted by Crippen LogP contribution is -2.50. The van der Waals surface area contributed by atoms with Crippen LogP contribution in [0, 0.1) is 5.82 Å². The van der Waals surface area contributed by atoms with Gasteiger partial charge in [0, 0.05) is 43.8 Å². The summed E-state index contributed by atoms with van der Waals surface area (Å²) in [7, 11) is 0. The number of ether oxygens (including phenoxy) is 1. The molecule has 0 bridgehead atoms. The molecule has 2 heterocycles. The number of anilines is 1. The van der Waals surface area contributed by atoms with Crippen molar-refractivity contribution in [3.63, 3.8) is 0 Å². The number of rotatable bonds is 6. The van der Waals surface area contributed by atoms with Crippen LogP contribution < -0.4 is 16.0 Å². The molecule has 0 spiro atoms. The van der Waals surface area contributed by atoms with E-state index in [0.717, 1.165) is 12.8 Å². The molecule has 0 radical (unpaired) electrons. The normalized spacial score (nSPS) is 15.9. The van der Waals surface area contributed by atoms with Gasteiger partial charge in [-0.1, -0.05) is 13.0 Å². The lowest BCUT2D eigenvalue weighted by molar-refractivity contribution is 0.0185. The molecule has 190 valence electrons. The number of halogens is 1. The maximum atomic E-state index is 13.8. The summed E-state index contributed by atoms with van der Waals surface area (Å²) in [5.74, 6) is -0.816. The zero-order valence-electron chi connectivity index (χ0n) is 20.7. The third-order valence-corrected chi connectivity index (χ3v) is 5.37. The molecule has 0 aliphatic carbocycles. The van der Waals surface area contributed by atoms with Crippen LogP contribution in [0.2, 0.25) is 0 Å². The first kappa shape index (κ1) is 26.1. The number of piperidine rings is 1. The fourth-order valence-electron chi connectivity index (χ4n) is 3.78. The number of carbonyl (C=O) groups excluding carboxylic acids is 3. The van der Waals surface area contributed by atoms with Crippen molar-refractivity contribution < 1.29 is 23.5 Å². The van der Waals surface area contributed by atoms with Crippen LogP contribution in [-0.2, 0) is 4.74 Å². The van der Waals surface area contributed by atoms with Crippen molar-refractivity contribution in [1.29, 1.82) is 0 Å². The first-order valence-corrected chi connectivity index (χ1v) is 11.9. The number of aromatic nitrogens is 1. The molecule has 1 saturated heterocycles. The lowest BCUT2D eigenvalue weighted by atomic mass is 10.1. The van der Waals surface area contributed by atoms with Crippen LogP contribution in [0.4, 0.5) is 19.7 Å². The minimum Gasteiger partial charge on any atom is -0.444 e. The molecule has 1 aliphatic heterocycles. The molecule has 1 aliphatic rings. The van der Waals surface area contributed by atoms with Crippen molar-refractivity contribution in [2.45, 2.75) is 58.6 Å². The maximum absolute atomic E-state index is 13.8. The molecule has 4 amide bonds. The second-order valence-electron chi connectivity index (χ2n) is 9.59. The van der Waals surface area contributed by atoms with Crippen LogP contribution in [0.25, 0.3) is 5.69 Å². The van der Waals surface area contributed by atoms with Gasteiger partial charge in [-0.3, -0.25) is 4.79 Å². The first-order valence-electron chi connectivity index (χ1n) is 11.9. The van der Waals surface area contributed by atoms with Gasteiger partial charge >= 0.3 is 12.1 Å². The van der Waals surface area contributed by atoms with Gasteiger partial charge in [0.05, 0.1) is 11.3 Å². The molecular formula is C25H34FN5O4. The van der Waals surface area contributed by atoms with Crippen LogP contribution in [0.15, 0.2) is 36.7 Å². The highest BCUT2D eigenvalue weighted by molar-refractivity contribution is 6.03. The van der Waals surface area contributed by atoms with Crippen LogP contribution >= 0.6 is 0 Å². The fourth-order valence-corrected chi connectivity index (χ4v) is 3.78. The van der Waals surface area contributed by atoms with Crippen molar-refractivity contribution in [2.24, 2.45) is 0 Å². The lowest BCUT2D eigenvalue weighted by Gasteiger charge is -2.34. The van der Waals surface area contributed by atoms with Crippen molar-refractivity contribution in [3.05, 3.63) is 48.0 Å². The molecule has 1 aromatic heterocycles. The Labute approximate surface area is 205 Å². The highest BCUT2D eigenvalue weighted by Gasteiger charge is 2.29. The monoisotopic (exact) mass is 487 g/mol. The van der Waals surface area contributed by atoms with E-state index in [1.807, 2.05) is 27.7 Å². The Morgan fingerprint density at radius 1 is 1.20 bits per heavy atom. The highest BCUT2D eigenvalue weighted by atomic mass is 19.1. The molecule has 3 N–H and O–H groups in total. The van der Waals surface area contributed by atoms with Crippen LogP contribution in [0.5, 0.6) is 0 Å². The van der Waals surface area contributed by atoms with E-state index in [4.69, 9.17) is 4.74 Å². The van der Waals surface area contributed by atoms with E-state index in [-0.39, 0.29) is 11.6 Å². The van der Waals surface area contributed by atoms with Crippen LogP contribution in [-0.4, -0.2) is 58.8 Å². The molecule has 3 rings (SSSR count). The summed E-state index contributed by atoms with van der Waals surface area (Å²) in [5.41, 5.74) is 0.428. The zero-order valence-corrected chi connectivity index (χ0v) is 20.7. The second-order valence-corrected chi connectivity index (χ2v) is 9.59. The smallest absolute Gasteiger partial charge is 0.410 e. The summed E-state index contributed by atoms with van der Waals surface area (Å²) in [4.78, 5) is 39.6. The largest absolute Gasteiger partial charge is 0.444 e. The summed E-state index contributed by atoms with van der Waals surface area (Å²) in [5, 5.41) is 8.39. The minimum atomic E-state index is -0.605. The molecular weight excluding hydrogens is 453 g/mol. The number of hydrogen-bond donors (Lipinski definition) is 3. The Bertz CT molecular complexity index is 1060. The molecule has 0 unspecified atom stereocenters. The summed E-state index contributed by atoms with van der Waals surface area (Å²) < 4.78 is 20.8. The van der Waals surface area contributed by atoms with E-state index in [1.54, 1.807) is 34.0 Å². The average molecular weight is 488 g/mol. The predicted octanol–water partition coefficient (Wildman–Crippen LogP) is 4.28. The van der Waals surface area contributed by atoms with Gasteiger partial charge in [-0.2, -0.15) is 0 Å². The summed E-state index contributed by atoms with van der Waals surface area (Å²) in [6.07, 6.45) is 4.90. The molecule has 1 fully saturated rings. The van der Waals surface area contributed by atoms with Crippen molar-refractivity contribution in [2.75, 3.05) is 25.0 Å². The molecule has 35 heavy (non-hydrogen) atoms. The van der Waals surface area contributed by atoms with Gasteiger partial charge in [0.15, 0.2) is 0 Å². The third kappa shape index (κ3) is 7.46. The van der Waals surface area contributed by atoms with E-state index in [9.17, 15) is 18.8 Å². The van der Waals surface area contributed by atoms with E-state index in [0.29, 0.717) is 37.4 Å². The summed E-state index contributed by atoms with van der Waals surface area (Å²) in [6.45, 7) is 8.73. The third-order valence-electron chi connectivity index (χ3n) is 5.37. The molecule has 0 saturated carbocycles. The number of benzene rings is 1. The Kier molecular flexibility index (Phi) is 8.37. The summed E-state index contributed by atoms with van der Waals surface area (Å²) >= 11 is 0. The molecule has 9 nitrogen and oxygen atoms in total. The Morgan fingerprint density at radius 3 is 2.66 bits per heavy atom. The predicted molar refractivity (Wildman–Crippen MR) is 131 cm³/mol. The average Bonchev–Trinajstić information content (AvgIpc) is 3.20. The van der Waals surface area contributed by atoms with Gasteiger partial charge in [-0.15, -0.1) is 0 Å². The maximum Gasteiger partial charge on any atom is 0.410 e. The number of nitrogens with one attached hydrogen (secondary N) is 3. The fraction of sp³-hybridized carbons (Fsp3) is 0.480. The number of urea groups is 1. The van der Waals surface area contributed by atoms with Gasteiger partial charge in [-0.25, -0.2) is 14.0 Å². The number of hydrogen-bond acceptors (Lipinski definition) is 4. The van der Waals surface area contributed by atoms with Crippen molar-refractivity contribution >= 4 is 23.7 Å². The van der Waals surface area contributed by atoms with Gasteiger partial charge in [0.2, 0.25) is 0 Å². The molecule has 1 atom stereocenters. The first-order chi connectivity index (χ1) is 16.6. The zero-order chi connectivity index (χ0) is 25.6. The second kappa shape index (κ2) is 11.2. The minimum absolute atomic E-state index is 0.232. The van der Waals surface area contributed by atoms with E-state index >= 15 is 0 Å². The highest BCUT2D eigenvalue weighted by Crippen LogP contribution is 2.23. The SMILES string of the molecule is CCCNC(=O)Nc1cn(-c2cccc(F)c2)cc1C(=O)N[C@H]1CCCN(C(=O)OC(C)(C)C)C1. The van der Waals surface area contributed by atoms with Crippen molar-refractivity contribution in [3.8, 4) is 5.69 Å². The van der Waals surface area contributed by atoms with Gasteiger partial charge in [0.1, 0.15) is 11.4 Å². The number of likely N-dealkylation sites (tertiary alicyclic amines) is 1. The molecule has 2 aromatic rings. The van der Waals surface area contributed by atoms with Gasteiger partial charge < -0.3 is 30.2 Å². The Hall–Kier alpha value is -3.56. The van der Waals surface area contributed by atoms with E-state index in [1.165, 1.54) is 12.1 Å². The number of amides is 4. The van der Waals surface area contributed by atoms with E-state index < -0.39 is 29.4 Å². The quantitative estimate of drug-likeness (QED) is 0.566. The van der Waals surface area contributed by atoms with Crippen LogP contribution in [0.3, 0.4) is 0 Å². The summed E-state index contributed by atoms with van der Waals surface area (Å²) in [6, 6.07) is 5.22. The standard InChI is InChI=1S/C25H34FN5O4/c1-5-11-27-23(33)29-21-16-31(19-10-6-8-17(26)13-19)15-20(21)22(32)28-18-9-7-12-30(14-18)24(34)35-25(2,3)4/h6,8,10,13,15-16,18H,5,7,9,11-12,14H2,1-4H3,(H,28,32)(H2,27,29,33)/t18-/m0/s1. The number of carbonyl (C=O) groups is 3. The van der Waals surface area contributed by atoms with Gasteiger partial charge in [-0.05, 0) is 58.2 Å².